The van der Waals surface area contributed by atoms with E-state index in [1.165, 1.54) is 4.31 Å². The monoisotopic (exact) mass is 403 g/mol. The zero-order chi connectivity index (χ0) is 17.2. The molecule has 1 saturated heterocycles. The fourth-order valence-corrected chi connectivity index (χ4v) is 4.66. The van der Waals surface area contributed by atoms with Gasteiger partial charge in [-0.25, -0.2) is 8.42 Å². The van der Waals surface area contributed by atoms with Crippen molar-refractivity contribution < 1.29 is 13.2 Å². The molecule has 23 heavy (non-hydrogen) atoms. The Kier molecular flexibility index (Phi) is 5.83. The van der Waals surface area contributed by atoms with Crippen molar-refractivity contribution >= 4 is 31.9 Å². The van der Waals surface area contributed by atoms with Crippen LogP contribution in [0.5, 0.6) is 0 Å². The number of halogens is 1. The van der Waals surface area contributed by atoms with Gasteiger partial charge in [0.15, 0.2) is 0 Å². The van der Waals surface area contributed by atoms with E-state index in [1.807, 2.05) is 11.8 Å². The number of rotatable bonds is 4. The Balaban J connectivity index is 2.05. The zero-order valence-corrected chi connectivity index (χ0v) is 16.0. The molecule has 0 saturated carbocycles. The first kappa shape index (κ1) is 18.4. The molecule has 0 N–H and O–H groups in total. The number of nitrogens with zero attached hydrogens (tertiary/aromatic N) is 3. The molecule has 0 aliphatic carbocycles. The largest absolute Gasteiger partial charge is 0.347 e. The molecular formula is C15H22BrN3O3S. The molecule has 0 unspecified atom stereocenters. The molecule has 1 aromatic rings. The molecule has 1 fully saturated rings. The van der Waals surface area contributed by atoms with Gasteiger partial charge in [-0.15, -0.1) is 0 Å². The number of carbonyl (C=O) groups excluding carboxylic acids is 1. The van der Waals surface area contributed by atoms with E-state index in [1.54, 1.807) is 43.3 Å². The highest BCUT2D eigenvalue weighted by atomic mass is 79.9. The van der Waals surface area contributed by atoms with E-state index in [-0.39, 0.29) is 16.8 Å². The maximum Gasteiger partial charge on any atom is 0.243 e. The van der Waals surface area contributed by atoms with Crippen LogP contribution in [-0.4, -0.2) is 74.7 Å². The van der Waals surface area contributed by atoms with Crippen molar-refractivity contribution in [3.05, 3.63) is 28.7 Å². The third kappa shape index (κ3) is 4.12. The second-order valence-electron chi connectivity index (χ2n) is 5.81. The summed E-state index contributed by atoms with van der Waals surface area (Å²) in [5.74, 6) is 0.0355. The van der Waals surface area contributed by atoms with Crippen LogP contribution in [0.4, 0.5) is 0 Å². The van der Waals surface area contributed by atoms with Gasteiger partial charge in [-0.1, -0.05) is 22.0 Å². The summed E-state index contributed by atoms with van der Waals surface area (Å²) in [5, 5.41) is 0. The standard InChI is InChI=1S/C15H22BrN3O3S/c1-12(15(20)17(2)3)18-7-9-19(10-8-18)23(21,22)14-6-4-5-13(16)11-14/h4-6,11-12H,7-10H2,1-3H3/t12-/m1/s1. The molecule has 1 heterocycles. The molecule has 8 heteroatoms. The SMILES string of the molecule is C[C@H](C(=O)N(C)C)N1CCN(S(=O)(=O)c2cccc(Br)c2)CC1. The van der Waals surface area contributed by atoms with Crippen molar-refractivity contribution in [2.24, 2.45) is 0 Å². The molecule has 1 amide bonds. The van der Waals surface area contributed by atoms with E-state index in [2.05, 4.69) is 15.9 Å². The van der Waals surface area contributed by atoms with E-state index >= 15 is 0 Å². The van der Waals surface area contributed by atoms with E-state index in [0.29, 0.717) is 26.2 Å². The molecule has 0 radical (unpaired) electrons. The van der Waals surface area contributed by atoms with Gasteiger partial charge in [0.2, 0.25) is 15.9 Å². The van der Waals surface area contributed by atoms with E-state index in [4.69, 9.17) is 0 Å². The zero-order valence-electron chi connectivity index (χ0n) is 13.6. The van der Waals surface area contributed by atoms with Gasteiger partial charge in [0.05, 0.1) is 10.9 Å². The van der Waals surface area contributed by atoms with Gasteiger partial charge in [0.1, 0.15) is 0 Å². The first-order valence-electron chi connectivity index (χ1n) is 7.44. The van der Waals surface area contributed by atoms with Gasteiger partial charge in [-0.3, -0.25) is 9.69 Å². The van der Waals surface area contributed by atoms with E-state index in [0.717, 1.165) is 4.47 Å². The highest BCUT2D eigenvalue weighted by molar-refractivity contribution is 9.10. The van der Waals surface area contributed by atoms with Gasteiger partial charge in [0, 0.05) is 44.7 Å². The van der Waals surface area contributed by atoms with Gasteiger partial charge in [-0.2, -0.15) is 4.31 Å². The van der Waals surface area contributed by atoms with Gasteiger partial charge < -0.3 is 4.90 Å². The Labute approximate surface area is 146 Å². The number of piperazine rings is 1. The second kappa shape index (κ2) is 7.29. The highest BCUT2D eigenvalue weighted by Crippen LogP contribution is 2.21. The lowest BCUT2D eigenvalue weighted by Gasteiger charge is -2.37. The molecule has 0 aromatic heterocycles. The molecule has 2 rings (SSSR count). The lowest BCUT2D eigenvalue weighted by molar-refractivity contribution is -0.134. The number of carbonyl (C=O) groups is 1. The number of sulfonamides is 1. The average molecular weight is 404 g/mol. The van der Waals surface area contributed by atoms with Crippen LogP contribution >= 0.6 is 15.9 Å². The molecule has 1 atom stereocenters. The average Bonchev–Trinajstić information content (AvgIpc) is 2.53. The third-order valence-corrected chi connectivity index (χ3v) is 6.44. The summed E-state index contributed by atoms with van der Waals surface area (Å²) < 4.78 is 27.6. The van der Waals surface area contributed by atoms with Crippen LogP contribution in [0.1, 0.15) is 6.92 Å². The van der Waals surface area contributed by atoms with Crippen molar-refractivity contribution in [2.45, 2.75) is 17.9 Å². The van der Waals surface area contributed by atoms with E-state index < -0.39 is 10.0 Å². The molecule has 1 aliphatic rings. The van der Waals surface area contributed by atoms with Crippen molar-refractivity contribution in [2.75, 3.05) is 40.3 Å². The quantitative estimate of drug-likeness (QED) is 0.758. The van der Waals surface area contributed by atoms with Crippen LogP contribution in [-0.2, 0) is 14.8 Å². The summed E-state index contributed by atoms with van der Waals surface area (Å²) in [6, 6.07) is 6.49. The van der Waals surface area contributed by atoms with E-state index in [9.17, 15) is 13.2 Å². The fourth-order valence-electron chi connectivity index (χ4n) is 2.64. The van der Waals surface area contributed by atoms with Crippen LogP contribution in [0, 0.1) is 0 Å². The summed E-state index contributed by atoms with van der Waals surface area (Å²) in [5.41, 5.74) is 0. The molecule has 1 aromatic carbocycles. The van der Waals surface area contributed by atoms with Crippen molar-refractivity contribution in [1.29, 1.82) is 0 Å². The number of benzene rings is 1. The number of likely N-dealkylation sites (N-methyl/N-ethyl adjacent to an activating group) is 1. The molecule has 6 nitrogen and oxygen atoms in total. The number of hydrogen-bond donors (Lipinski definition) is 0. The van der Waals surface area contributed by atoms with Crippen LogP contribution in [0.3, 0.4) is 0 Å². The maximum absolute atomic E-state index is 12.7. The Morgan fingerprint density at radius 3 is 2.35 bits per heavy atom. The Morgan fingerprint density at radius 1 is 1.22 bits per heavy atom. The fraction of sp³-hybridized carbons (Fsp3) is 0.533. The van der Waals surface area contributed by atoms with Crippen molar-refractivity contribution in [3.8, 4) is 0 Å². The van der Waals surface area contributed by atoms with Gasteiger partial charge in [-0.05, 0) is 25.1 Å². The summed E-state index contributed by atoms with van der Waals surface area (Å²) in [6.45, 7) is 3.74. The minimum atomic E-state index is -3.49. The number of hydrogen-bond acceptors (Lipinski definition) is 4. The maximum atomic E-state index is 12.7. The molecule has 0 spiro atoms. The number of amides is 1. The molecule has 128 valence electrons. The van der Waals surface area contributed by atoms with Gasteiger partial charge >= 0.3 is 0 Å². The Bertz CT molecular complexity index is 670. The first-order valence-corrected chi connectivity index (χ1v) is 9.67. The van der Waals surface area contributed by atoms with Crippen molar-refractivity contribution in [3.63, 3.8) is 0 Å². The van der Waals surface area contributed by atoms with Crippen LogP contribution in [0.15, 0.2) is 33.6 Å². The normalized spacial score (nSPS) is 18.6. The summed E-state index contributed by atoms with van der Waals surface area (Å²) >= 11 is 3.30. The van der Waals surface area contributed by atoms with Crippen LogP contribution in [0.2, 0.25) is 0 Å². The Hall–Kier alpha value is -0.960. The summed E-state index contributed by atoms with van der Waals surface area (Å²) in [6.07, 6.45) is 0. The molecule has 0 bridgehead atoms. The third-order valence-electron chi connectivity index (χ3n) is 4.05. The predicted molar refractivity (Wildman–Crippen MR) is 92.6 cm³/mol. The lowest BCUT2D eigenvalue weighted by atomic mass is 10.2. The second-order valence-corrected chi connectivity index (χ2v) is 8.66. The molecular weight excluding hydrogens is 382 g/mol. The summed E-state index contributed by atoms with van der Waals surface area (Å²) in [4.78, 5) is 15.9. The minimum absolute atomic E-state index is 0.0355. The minimum Gasteiger partial charge on any atom is -0.347 e. The van der Waals surface area contributed by atoms with Gasteiger partial charge in [0.25, 0.3) is 0 Å². The predicted octanol–water partition coefficient (Wildman–Crippen LogP) is 1.23. The lowest BCUT2D eigenvalue weighted by Crippen LogP contribution is -2.54. The summed E-state index contributed by atoms with van der Waals surface area (Å²) in [7, 11) is -0.0310. The first-order chi connectivity index (χ1) is 10.7. The smallest absolute Gasteiger partial charge is 0.243 e. The highest BCUT2D eigenvalue weighted by Gasteiger charge is 2.32. The van der Waals surface area contributed by atoms with Crippen molar-refractivity contribution in [1.82, 2.24) is 14.1 Å². The topological polar surface area (TPSA) is 60.9 Å². The van der Waals surface area contributed by atoms with Crippen LogP contribution < -0.4 is 0 Å². The molecule has 1 aliphatic heterocycles. The van der Waals surface area contributed by atoms with Crippen LogP contribution in [0.25, 0.3) is 0 Å². The Morgan fingerprint density at radius 2 is 1.83 bits per heavy atom.